The van der Waals surface area contributed by atoms with E-state index in [1.54, 1.807) is 0 Å². The number of aromatic amines is 2. The zero-order valence-corrected chi connectivity index (χ0v) is 26.0. The van der Waals surface area contributed by atoms with E-state index >= 15 is 0 Å². The quantitative estimate of drug-likeness (QED) is 0.196. The molecular weight excluding hydrogens is 516 g/mol. The first kappa shape index (κ1) is 26.6. The second kappa shape index (κ2) is 8.60. The highest BCUT2D eigenvalue weighted by Gasteiger charge is 2.24. The molecule has 6 bridgehead atoms. The molecule has 0 fully saturated rings. The third-order valence-electron chi connectivity index (χ3n) is 8.50. The van der Waals surface area contributed by atoms with Crippen LogP contribution in [-0.4, -0.2) is 29.9 Å². The van der Waals surface area contributed by atoms with Crippen LogP contribution < -0.4 is 0 Å². The van der Waals surface area contributed by atoms with Gasteiger partial charge in [0.15, 0.2) is 11.6 Å². The fourth-order valence-electron chi connectivity index (χ4n) is 5.78. The maximum absolute atomic E-state index is 5.19. The number of nitrogens with zero attached hydrogens (tertiary/aromatic N) is 4. The van der Waals surface area contributed by atoms with Crippen molar-refractivity contribution in [3.8, 4) is 22.8 Å². The Morgan fingerprint density at radius 1 is 0.405 bits per heavy atom. The third-order valence-corrected chi connectivity index (χ3v) is 8.50. The largest absolute Gasteiger partial charge is 0.324 e. The average Bonchev–Trinajstić information content (AvgIpc) is 3.54. The maximum Gasteiger partial charge on any atom is 0.164 e. The number of hydrogen-bond acceptors (Lipinski definition) is 4. The Balaban J connectivity index is 1.67. The highest BCUT2D eigenvalue weighted by atomic mass is 15.0. The summed E-state index contributed by atoms with van der Waals surface area (Å²) in [6.45, 7) is 20.1. The van der Waals surface area contributed by atoms with Crippen LogP contribution in [0.5, 0.6) is 0 Å². The number of benzene rings is 3. The van der Waals surface area contributed by atoms with Crippen molar-refractivity contribution in [3.63, 3.8) is 0 Å². The van der Waals surface area contributed by atoms with Gasteiger partial charge in [0.05, 0.1) is 0 Å². The van der Waals surface area contributed by atoms with Gasteiger partial charge in [-0.3, -0.25) is 0 Å². The molecule has 0 radical (unpaired) electrons. The van der Waals surface area contributed by atoms with Crippen LogP contribution in [0.1, 0.15) is 79.0 Å². The molecule has 0 saturated carbocycles. The number of H-pyrrole nitrogens is 2. The fraction of sp³-hybridized carbons (Fsp3) is 0.333. The van der Waals surface area contributed by atoms with Gasteiger partial charge < -0.3 is 9.97 Å². The molecule has 42 heavy (non-hydrogen) atoms. The van der Waals surface area contributed by atoms with Crippen LogP contribution in [-0.2, 0) is 16.2 Å². The van der Waals surface area contributed by atoms with Gasteiger partial charge in [0.2, 0.25) is 0 Å². The van der Waals surface area contributed by atoms with Gasteiger partial charge in [-0.1, -0.05) is 98.7 Å². The number of rotatable bonds is 0. The van der Waals surface area contributed by atoms with Crippen molar-refractivity contribution in [2.24, 2.45) is 0 Å². The number of nitrogens with one attached hydrogen (secondary N) is 2. The van der Waals surface area contributed by atoms with Crippen LogP contribution in [0.15, 0.2) is 54.6 Å². The molecule has 0 aliphatic carbocycles. The lowest BCUT2D eigenvalue weighted by molar-refractivity contribution is 0.590. The summed E-state index contributed by atoms with van der Waals surface area (Å²) >= 11 is 0. The Labute approximate surface area is 246 Å². The van der Waals surface area contributed by atoms with Gasteiger partial charge in [0, 0.05) is 32.7 Å². The number of aromatic nitrogens is 6. The van der Waals surface area contributed by atoms with Crippen LogP contribution in [0.3, 0.4) is 0 Å². The van der Waals surface area contributed by atoms with Gasteiger partial charge in [-0.15, -0.1) is 0 Å². The van der Waals surface area contributed by atoms with Crippen LogP contribution >= 0.6 is 0 Å². The van der Waals surface area contributed by atoms with E-state index in [-0.39, 0.29) is 16.2 Å². The van der Waals surface area contributed by atoms with Crippen molar-refractivity contribution < 1.29 is 0 Å². The summed E-state index contributed by atoms with van der Waals surface area (Å²) in [7, 11) is 0. The SMILES string of the molecule is CC(C)(C)c1ccc2c(c1)-c1nc-2nc2[nH]c(nc3[nH]c(n1)c1ccc(C(C)(C)C)cc31)c1ccc(C(C)(C)C)cc21. The van der Waals surface area contributed by atoms with Crippen LogP contribution in [0.25, 0.3) is 66.9 Å². The molecule has 4 heterocycles. The smallest absolute Gasteiger partial charge is 0.164 e. The van der Waals surface area contributed by atoms with Crippen molar-refractivity contribution in [1.82, 2.24) is 29.9 Å². The van der Waals surface area contributed by atoms with Gasteiger partial charge in [-0.05, 0) is 51.1 Å². The van der Waals surface area contributed by atoms with Crippen molar-refractivity contribution in [2.45, 2.75) is 78.6 Å². The first-order chi connectivity index (χ1) is 19.7. The minimum atomic E-state index is -0.00853. The number of hydrogen-bond donors (Lipinski definition) is 2. The molecule has 2 N–H and O–H groups in total. The second-order valence-corrected chi connectivity index (χ2v) is 14.8. The van der Waals surface area contributed by atoms with Crippen LogP contribution in [0, 0.1) is 0 Å². The first-order valence-corrected chi connectivity index (χ1v) is 14.8. The van der Waals surface area contributed by atoms with Crippen molar-refractivity contribution in [2.75, 3.05) is 0 Å². The van der Waals surface area contributed by atoms with Crippen molar-refractivity contribution >= 4 is 44.1 Å². The Kier molecular flexibility index (Phi) is 5.44. The molecule has 3 aromatic carbocycles. The Morgan fingerprint density at radius 3 is 1.33 bits per heavy atom. The molecule has 6 nitrogen and oxygen atoms in total. The fourth-order valence-corrected chi connectivity index (χ4v) is 5.78. The Morgan fingerprint density at radius 2 is 0.810 bits per heavy atom. The van der Waals surface area contributed by atoms with E-state index in [1.807, 2.05) is 0 Å². The standard InChI is InChI=1S/C36H38N6/c1-34(2,3)19-10-13-22-25(16-19)31-37-28(22)41-32-27-18-21(36(7,8)9)12-15-24(27)30(39-32)42-33-26-17-20(35(4,5)6)11-14-23(26)29(38-33)40-31/h10-18H,1-9H3,(H2,37,38,39,40,41,42). The highest BCUT2D eigenvalue weighted by Crippen LogP contribution is 2.39. The van der Waals surface area contributed by atoms with Gasteiger partial charge >= 0.3 is 0 Å². The molecule has 0 atom stereocenters. The molecule has 0 amide bonds. The highest BCUT2D eigenvalue weighted by molar-refractivity contribution is 6.08. The molecule has 0 unspecified atom stereocenters. The van der Waals surface area contributed by atoms with Crippen LogP contribution in [0.4, 0.5) is 0 Å². The summed E-state index contributed by atoms with van der Waals surface area (Å²) in [5.41, 5.74) is 8.76. The predicted octanol–water partition coefficient (Wildman–Crippen LogP) is 9.20. The minimum Gasteiger partial charge on any atom is -0.324 e. The predicted molar refractivity (Wildman–Crippen MR) is 175 cm³/mol. The summed E-state index contributed by atoms with van der Waals surface area (Å²) in [5, 5.41) is 4.13. The van der Waals surface area contributed by atoms with Crippen molar-refractivity contribution in [3.05, 3.63) is 71.3 Å². The lowest BCUT2D eigenvalue weighted by atomic mass is 9.85. The molecule has 0 spiro atoms. The van der Waals surface area contributed by atoms with E-state index in [0.717, 1.165) is 55.3 Å². The molecule has 6 aromatic rings. The molecule has 1 aliphatic heterocycles. The topological polar surface area (TPSA) is 83.1 Å². The van der Waals surface area contributed by atoms with E-state index in [2.05, 4.69) is 127 Å². The normalized spacial score (nSPS) is 13.4. The van der Waals surface area contributed by atoms with E-state index in [4.69, 9.17) is 19.9 Å². The molecule has 7 rings (SSSR count). The van der Waals surface area contributed by atoms with E-state index in [0.29, 0.717) is 11.6 Å². The van der Waals surface area contributed by atoms with Crippen molar-refractivity contribution in [1.29, 1.82) is 0 Å². The van der Waals surface area contributed by atoms with E-state index in [1.165, 1.54) is 16.7 Å². The molecular formula is C36H38N6. The Bertz CT molecular complexity index is 2140. The summed E-state index contributed by atoms with van der Waals surface area (Å²) in [6, 6.07) is 19.8. The summed E-state index contributed by atoms with van der Waals surface area (Å²) in [5.74, 6) is 1.32. The van der Waals surface area contributed by atoms with Crippen LogP contribution in [0.2, 0.25) is 0 Å². The monoisotopic (exact) mass is 554 g/mol. The second-order valence-electron chi connectivity index (χ2n) is 14.8. The first-order valence-electron chi connectivity index (χ1n) is 14.8. The zero-order valence-electron chi connectivity index (χ0n) is 26.0. The zero-order chi connectivity index (χ0) is 29.8. The van der Waals surface area contributed by atoms with Gasteiger partial charge in [0.1, 0.15) is 22.6 Å². The summed E-state index contributed by atoms with van der Waals surface area (Å²) < 4.78 is 0. The molecule has 3 aromatic heterocycles. The minimum absolute atomic E-state index is 0.000811. The lowest BCUT2D eigenvalue weighted by Crippen LogP contribution is -2.10. The van der Waals surface area contributed by atoms with Gasteiger partial charge in [-0.2, -0.15) is 0 Å². The summed E-state index contributed by atoms with van der Waals surface area (Å²) in [4.78, 5) is 27.7. The van der Waals surface area contributed by atoms with E-state index < -0.39 is 0 Å². The average molecular weight is 555 g/mol. The van der Waals surface area contributed by atoms with Gasteiger partial charge in [0.25, 0.3) is 0 Å². The van der Waals surface area contributed by atoms with E-state index in [9.17, 15) is 0 Å². The molecule has 6 heteroatoms. The molecule has 212 valence electrons. The number of fused-ring (bicyclic) bond motifs is 15. The van der Waals surface area contributed by atoms with Gasteiger partial charge in [-0.25, -0.2) is 19.9 Å². The summed E-state index contributed by atoms with van der Waals surface area (Å²) in [6.07, 6.45) is 0. The Hall–Kier alpha value is -4.32. The maximum atomic E-state index is 5.19. The molecule has 0 saturated heterocycles. The lowest BCUT2D eigenvalue weighted by Gasteiger charge is -2.19. The third kappa shape index (κ3) is 4.23. The molecule has 1 aliphatic rings.